The summed E-state index contributed by atoms with van der Waals surface area (Å²) < 4.78 is 1.48. The van der Waals surface area contributed by atoms with Crippen molar-refractivity contribution >= 4 is 23.2 Å². The highest BCUT2D eigenvalue weighted by Gasteiger charge is 2.24. The molecule has 106 valence electrons. The van der Waals surface area contributed by atoms with Crippen LogP contribution >= 0.6 is 11.6 Å². The van der Waals surface area contributed by atoms with Crippen molar-refractivity contribution in [2.24, 2.45) is 7.05 Å². The van der Waals surface area contributed by atoms with Gasteiger partial charge in [-0.05, 0) is 18.6 Å². The van der Waals surface area contributed by atoms with Gasteiger partial charge in [0.2, 0.25) is 0 Å². The van der Waals surface area contributed by atoms with Gasteiger partial charge in [-0.3, -0.25) is 9.48 Å². The summed E-state index contributed by atoms with van der Waals surface area (Å²) >= 11 is 6.18. The molecule has 2 N–H and O–H groups in total. The van der Waals surface area contributed by atoms with E-state index in [0.29, 0.717) is 16.4 Å². The Morgan fingerprint density at radius 3 is 2.65 bits per heavy atom. The number of nitrogen functional groups attached to an aromatic ring is 1. The van der Waals surface area contributed by atoms with Gasteiger partial charge in [0, 0.05) is 19.1 Å². The average Bonchev–Trinajstić information content (AvgIpc) is 2.76. The SMILES string of the molecule is CC(c1ccccc1Cl)N(C)C(=O)c1c(N)cnn1C. The number of hydrogen-bond acceptors (Lipinski definition) is 3. The largest absolute Gasteiger partial charge is 0.396 e. The monoisotopic (exact) mass is 292 g/mol. The van der Waals surface area contributed by atoms with Crippen molar-refractivity contribution in [1.82, 2.24) is 14.7 Å². The Balaban J connectivity index is 2.30. The van der Waals surface area contributed by atoms with Crippen LogP contribution in [0.3, 0.4) is 0 Å². The molecule has 1 aromatic heterocycles. The predicted octanol–water partition coefficient (Wildman–Crippen LogP) is 2.49. The standard InChI is InChI=1S/C14H17ClN4O/c1-9(10-6-4-5-7-11(10)15)18(2)14(20)13-12(16)8-17-19(13)3/h4-9H,16H2,1-3H3. The van der Waals surface area contributed by atoms with Gasteiger partial charge in [-0.25, -0.2) is 0 Å². The Kier molecular flexibility index (Phi) is 3.99. The van der Waals surface area contributed by atoms with Crippen molar-refractivity contribution in [2.75, 3.05) is 12.8 Å². The minimum Gasteiger partial charge on any atom is -0.396 e. The van der Waals surface area contributed by atoms with Crippen molar-refractivity contribution in [3.63, 3.8) is 0 Å². The molecular formula is C14H17ClN4O. The predicted molar refractivity (Wildman–Crippen MR) is 79.6 cm³/mol. The van der Waals surface area contributed by atoms with Crippen LogP contribution in [0.15, 0.2) is 30.5 Å². The second-order valence-corrected chi connectivity index (χ2v) is 5.09. The lowest BCUT2D eigenvalue weighted by atomic mass is 10.1. The van der Waals surface area contributed by atoms with Crippen LogP contribution in [0.2, 0.25) is 5.02 Å². The molecule has 0 saturated carbocycles. The topological polar surface area (TPSA) is 64.2 Å². The van der Waals surface area contributed by atoms with E-state index < -0.39 is 0 Å². The first kappa shape index (κ1) is 14.4. The third-order valence-electron chi connectivity index (χ3n) is 3.43. The lowest BCUT2D eigenvalue weighted by Crippen LogP contribution is -2.31. The first-order valence-electron chi connectivity index (χ1n) is 6.22. The number of anilines is 1. The Morgan fingerprint density at radius 1 is 1.45 bits per heavy atom. The van der Waals surface area contributed by atoms with Gasteiger partial charge in [0.25, 0.3) is 5.91 Å². The number of hydrogen-bond donors (Lipinski definition) is 1. The van der Waals surface area contributed by atoms with Gasteiger partial charge in [-0.15, -0.1) is 0 Å². The molecule has 2 rings (SSSR count). The number of carbonyl (C=O) groups excluding carboxylic acids is 1. The maximum Gasteiger partial charge on any atom is 0.274 e. The summed E-state index contributed by atoms with van der Waals surface area (Å²) in [5.41, 5.74) is 7.44. The van der Waals surface area contributed by atoms with Gasteiger partial charge < -0.3 is 10.6 Å². The van der Waals surface area contributed by atoms with Crippen LogP contribution in [0.25, 0.3) is 0 Å². The van der Waals surface area contributed by atoms with E-state index in [1.54, 1.807) is 19.0 Å². The molecule has 1 amide bonds. The second kappa shape index (κ2) is 5.54. The zero-order valence-corrected chi connectivity index (χ0v) is 12.4. The van der Waals surface area contributed by atoms with E-state index in [0.717, 1.165) is 5.56 Å². The zero-order chi connectivity index (χ0) is 14.9. The molecule has 1 heterocycles. The minimum atomic E-state index is -0.185. The maximum absolute atomic E-state index is 12.5. The summed E-state index contributed by atoms with van der Waals surface area (Å²) in [4.78, 5) is 14.1. The van der Waals surface area contributed by atoms with Crippen LogP contribution in [0.4, 0.5) is 5.69 Å². The molecule has 1 unspecified atom stereocenters. The highest BCUT2D eigenvalue weighted by atomic mass is 35.5. The number of carbonyl (C=O) groups is 1. The molecule has 0 fully saturated rings. The van der Waals surface area contributed by atoms with E-state index in [4.69, 9.17) is 17.3 Å². The van der Waals surface area contributed by atoms with E-state index in [-0.39, 0.29) is 11.9 Å². The summed E-state index contributed by atoms with van der Waals surface area (Å²) in [5.74, 6) is -0.185. The van der Waals surface area contributed by atoms with Crippen LogP contribution < -0.4 is 5.73 Å². The van der Waals surface area contributed by atoms with Crippen molar-refractivity contribution in [2.45, 2.75) is 13.0 Å². The summed E-state index contributed by atoms with van der Waals surface area (Å²) in [5, 5.41) is 4.62. The lowest BCUT2D eigenvalue weighted by molar-refractivity contribution is 0.0732. The third-order valence-corrected chi connectivity index (χ3v) is 3.77. The Bertz CT molecular complexity index is 618. The van der Waals surface area contributed by atoms with E-state index in [1.165, 1.54) is 10.9 Å². The van der Waals surface area contributed by atoms with E-state index >= 15 is 0 Å². The normalized spacial score (nSPS) is 12.2. The Labute approximate surface area is 122 Å². The molecule has 0 aliphatic carbocycles. The summed E-state index contributed by atoms with van der Waals surface area (Å²) in [6.07, 6.45) is 1.47. The van der Waals surface area contributed by atoms with Gasteiger partial charge >= 0.3 is 0 Å². The second-order valence-electron chi connectivity index (χ2n) is 4.69. The number of halogens is 1. The number of benzene rings is 1. The molecule has 0 aliphatic rings. The summed E-state index contributed by atoms with van der Waals surface area (Å²) in [6, 6.07) is 7.31. The number of nitrogens with zero attached hydrogens (tertiary/aromatic N) is 3. The maximum atomic E-state index is 12.5. The van der Waals surface area contributed by atoms with Gasteiger partial charge in [0.15, 0.2) is 0 Å². The van der Waals surface area contributed by atoms with E-state index in [9.17, 15) is 4.79 Å². The van der Waals surface area contributed by atoms with Gasteiger partial charge in [0.1, 0.15) is 5.69 Å². The molecule has 0 bridgehead atoms. The number of nitrogens with two attached hydrogens (primary N) is 1. The van der Waals surface area contributed by atoms with Crippen molar-refractivity contribution in [3.05, 3.63) is 46.7 Å². The van der Waals surface area contributed by atoms with E-state index in [2.05, 4.69) is 5.10 Å². The quantitative estimate of drug-likeness (QED) is 0.945. The van der Waals surface area contributed by atoms with E-state index in [1.807, 2.05) is 31.2 Å². The minimum absolute atomic E-state index is 0.162. The van der Waals surface area contributed by atoms with Crippen molar-refractivity contribution in [1.29, 1.82) is 0 Å². The first-order valence-corrected chi connectivity index (χ1v) is 6.60. The summed E-state index contributed by atoms with van der Waals surface area (Å²) in [6.45, 7) is 1.92. The molecule has 1 atom stereocenters. The Hall–Kier alpha value is -2.01. The van der Waals surface area contributed by atoms with Crippen LogP contribution in [-0.4, -0.2) is 27.6 Å². The zero-order valence-electron chi connectivity index (χ0n) is 11.7. The third kappa shape index (κ3) is 2.49. The number of aryl methyl sites for hydroxylation is 1. The molecule has 0 spiro atoms. The Morgan fingerprint density at radius 2 is 2.10 bits per heavy atom. The van der Waals surface area contributed by atoms with Gasteiger partial charge in [-0.2, -0.15) is 5.10 Å². The van der Waals surface area contributed by atoms with Crippen LogP contribution in [0, 0.1) is 0 Å². The molecular weight excluding hydrogens is 276 g/mol. The lowest BCUT2D eigenvalue weighted by Gasteiger charge is -2.26. The molecule has 2 aromatic rings. The van der Waals surface area contributed by atoms with Crippen LogP contribution in [-0.2, 0) is 7.05 Å². The first-order chi connectivity index (χ1) is 9.43. The van der Waals surface area contributed by atoms with Crippen LogP contribution in [0.5, 0.6) is 0 Å². The number of rotatable bonds is 3. The molecule has 0 radical (unpaired) electrons. The van der Waals surface area contributed by atoms with Crippen molar-refractivity contribution < 1.29 is 4.79 Å². The van der Waals surface area contributed by atoms with Gasteiger partial charge in [-0.1, -0.05) is 29.8 Å². The molecule has 0 aliphatic heterocycles. The summed E-state index contributed by atoms with van der Waals surface area (Å²) in [7, 11) is 3.42. The fourth-order valence-corrected chi connectivity index (χ4v) is 2.38. The molecule has 20 heavy (non-hydrogen) atoms. The highest BCUT2D eigenvalue weighted by Crippen LogP contribution is 2.27. The molecule has 1 aromatic carbocycles. The number of amides is 1. The van der Waals surface area contributed by atoms with Gasteiger partial charge in [0.05, 0.1) is 17.9 Å². The fourth-order valence-electron chi connectivity index (χ4n) is 2.08. The molecule has 0 saturated heterocycles. The smallest absolute Gasteiger partial charge is 0.274 e. The van der Waals surface area contributed by atoms with Crippen molar-refractivity contribution in [3.8, 4) is 0 Å². The molecule has 6 heteroatoms. The molecule has 5 nitrogen and oxygen atoms in total. The van der Waals surface area contributed by atoms with Crippen LogP contribution in [0.1, 0.15) is 29.0 Å². The fraction of sp³-hybridized carbons (Fsp3) is 0.286. The highest BCUT2D eigenvalue weighted by molar-refractivity contribution is 6.31. The average molecular weight is 293 g/mol. The number of aromatic nitrogens is 2.